The van der Waals surface area contributed by atoms with Gasteiger partial charge in [0.05, 0.1) is 11.0 Å². The molecule has 1 fully saturated rings. The van der Waals surface area contributed by atoms with Crippen LogP contribution in [0.15, 0.2) is 36.5 Å². The Kier molecular flexibility index (Phi) is 6.33. The summed E-state index contributed by atoms with van der Waals surface area (Å²) in [7, 11) is 4.07. The van der Waals surface area contributed by atoms with Crippen molar-refractivity contribution >= 4 is 23.2 Å². The summed E-state index contributed by atoms with van der Waals surface area (Å²) in [5, 5.41) is 14.4. The van der Waals surface area contributed by atoms with Gasteiger partial charge in [0, 0.05) is 62.8 Å². The molecule has 3 rings (SSSR count). The summed E-state index contributed by atoms with van der Waals surface area (Å²) in [6, 6.07) is 8.00. The van der Waals surface area contributed by atoms with Crippen molar-refractivity contribution in [1.29, 1.82) is 0 Å². The Morgan fingerprint density at radius 3 is 2.57 bits per heavy atom. The van der Waals surface area contributed by atoms with Crippen LogP contribution >= 0.6 is 11.6 Å². The van der Waals surface area contributed by atoms with Crippen LogP contribution < -0.4 is 5.32 Å². The van der Waals surface area contributed by atoms with E-state index in [-0.39, 0.29) is 22.3 Å². The maximum atomic E-state index is 12.7. The highest BCUT2D eigenvalue weighted by atomic mass is 35.5. The average Bonchev–Trinajstić information content (AvgIpc) is 3.08. The minimum absolute atomic E-state index is 0.0177. The molecule has 9 heteroatoms. The monoisotopic (exact) mass is 405 g/mol. The molecule has 150 valence electrons. The first-order valence-electron chi connectivity index (χ1n) is 9.13. The summed E-state index contributed by atoms with van der Waals surface area (Å²) in [4.78, 5) is 28.0. The highest BCUT2D eigenvalue weighted by molar-refractivity contribution is 6.31. The average molecular weight is 406 g/mol. The van der Waals surface area contributed by atoms with Gasteiger partial charge in [-0.05, 0) is 31.3 Å². The third-order valence-electron chi connectivity index (χ3n) is 5.16. The van der Waals surface area contributed by atoms with Crippen molar-refractivity contribution in [3.05, 3.63) is 62.9 Å². The summed E-state index contributed by atoms with van der Waals surface area (Å²) in [5.74, 6) is -0.498. The molecule has 1 atom stereocenters. The molecule has 8 nitrogen and oxygen atoms in total. The number of hydrogen-bond acceptors (Lipinski definition) is 5. The summed E-state index contributed by atoms with van der Waals surface area (Å²) in [6.07, 6.45) is 1.97. The van der Waals surface area contributed by atoms with E-state index in [1.807, 2.05) is 29.9 Å². The van der Waals surface area contributed by atoms with E-state index in [4.69, 9.17) is 11.6 Å². The van der Waals surface area contributed by atoms with E-state index in [0.29, 0.717) is 6.54 Å². The summed E-state index contributed by atoms with van der Waals surface area (Å²) >= 11 is 5.95. The van der Waals surface area contributed by atoms with E-state index >= 15 is 0 Å². The maximum absolute atomic E-state index is 12.7. The molecule has 0 spiro atoms. The van der Waals surface area contributed by atoms with Crippen LogP contribution in [0, 0.1) is 10.1 Å². The third-order valence-corrected chi connectivity index (χ3v) is 5.39. The number of aromatic nitrogens is 1. The fraction of sp³-hybridized carbons (Fsp3) is 0.421. The van der Waals surface area contributed by atoms with Gasteiger partial charge in [-0.15, -0.1) is 0 Å². The van der Waals surface area contributed by atoms with Crippen molar-refractivity contribution in [3.63, 3.8) is 0 Å². The van der Waals surface area contributed by atoms with Gasteiger partial charge in [-0.2, -0.15) is 0 Å². The fourth-order valence-corrected chi connectivity index (χ4v) is 3.68. The zero-order chi connectivity index (χ0) is 20.3. The van der Waals surface area contributed by atoms with Crippen LogP contribution in [0.4, 0.5) is 5.69 Å². The summed E-state index contributed by atoms with van der Waals surface area (Å²) in [5.41, 5.74) is 0.809. The molecule has 1 aromatic carbocycles. The van der Waals surface area contributed by atoms with Crippen molar-refractivity contribution in [3.8, 4) is 0 Å². The first-order chi connectivity index (χ1) is 13.4. The number of carbonyl (C=O) groups is 1. The van der Waals surface area contributed by atoms with E-state index < -0.39 is 10.8 Å². The van der Waals surface area contributed by atoms with E-state index in [2.05, 4.69) is 22.2 Å². The molecule has 28 heavy (non-hydrogen) atoms. The number of nitrogens with zero attached hydrogens (tertiary/aromatic N) is 4. The second-order valence-electron chi connectivity index (χ2n) is 7.03. The van der Waals surface area contributed by atoms with E-state index in [9.17, 15) is 14.9 Å². The van der Waals surface area contributed by atoms with Crippen LogP contribution in [-0.2, 0) is 7.05 Å². The van der Waals surface area contributed by atoms with Gasteiger partial charge >= 0.3 is 0 Å². The Morgan fingerprint density at radius 1 is 1.25 bits per heavy atom. The second-order valence-corrected chi connectivity index (χ2v) is 7.46. The van der Waals surface area contributed by atoms with Gasteiger partial charge in [0.2, 0.25) is 0 Å². The van der Waals surface area contributed by atoms with Crippen LogP contribution in [0.1, 0.15) is 22.1 Å². The number of carbonyl (C=O) groups excluding carboxylic acids is 1. The number of nitro benzene ring substituents is 1. The van der Waals surface area contributed by atoms with Gasteiger partial charge < -0.3 is 14.8 Å². The number of nitrogens with one attached hydrogen (secondary N) is 1. The highest BCUT2D eigenvalue weighted by Gasteiger charge is 2.27. The molecule has 0 aliphatic carbocycles. The van der Waals surface area contributed by atoms with Crippen molar-refractivity contribution in [2.75, 3.05) is 39.8 Å². The SMILES string of the molecule is CN1CCN(C(CNC(=O)c2cc(Cl)ccc2[N+](=O)[O-])c2cccn2C)CC1. The molecule has 1 saturated heterocycles. The predicted molar refractivity (Wildman–Crippen MR) is 108 cm³/mol. The number of hydrogen-bond donors (Lipinski definition) is 1. The summed E-state index contributed by atoms with van der Waals surface area (Å²) in [6.45, 7) is 4.03. The number of likely N-dealkylation sites (N-methyl/N-ethyl adjacent to an activating group) is 1. The number of halogens is 1. The lowest BCUT2D eigenvalue weighted by atomic mass is 10.1. The standard InChI is InChI=1S/C19H24ClN5O3/c1-22-8-10-24(11-9-22)18(17-4-3-7-23(17)2)13-21-19(26)15-12-14(20)5-6-16(15)25(27)28/h3-7,12,18H,8-11,13H2,1-2H3,(H,21,26). The van der Waals surface area contributed by atoms with Crippen molar-refractivity contribution < 1.29 is 9.72 Å². The van der Waals surface area contributed by atoms with Crippen LogP contribution in [0.3, 0.4) is 0 Å². The lowest BCUT2D eigenvalue weighted by Crippen LogP contribution is -2.49. The molecule has 1 amide bonds. The molecule has 2 aromatic rings. The van der Waals surface area contributed by atoms with Crippen LogP contribution in [0.2, 0.25) is 5.02 Å². The number of piperazine rings is 1. The Bertz CT molecular complexity index is 861. The van der Waals surface area contributed by atoms with Gasteiger partial charge in [0.1, 0.15) is 5.56 Å². The quantitative estimate of drug-likeness (QED) is 0.589. The molecule has 1 unspecified atom stereocenters. The molecule has 1 aliphatic rings. The smallest absolute Gasteiger partial charge is 0.282 e. The van der Waals surface area contributed by atoms with Crippen LogP contribution in [0.5, 0.6) is 0 Å². The lowest BCUT2D eigenvalue weighted by Gasteiger charge is -2.38. The molecule has 0 radical (unpaired) electrons. The molecule has 2 heterocycles. The largest absolute Gasteiger partial charge is 0.353 e. The van der Waals surface area contributed by atoms with E-state index in [1.54, 1.807) is 0 Å². The van der Waals surface area contributed by atoms with Crippen LogP contribution in [-0.4, -0.2) is 65.0 Å². The van der Waals surface area contributed by atoms with E-state index in [1.165, 1.54) is 18.2 Å². The van der Waals surface area contributed by atoms with Crippen LogP contribution in [0.25, 0.3) is 0 Å². The number of benzene rings is 1. The van der Waals surface area contributed by atoms with E-state index in [0.717, 1.165) is 31.9 Å². The molecule has 1 N–H and O–H groups in total. The molecule has 0 saturated carbocycles. The Balaban J connectivity index is 1.79. The lowest BCUT2D eigenvalue weighted by molar-refractivity contribution is -0.385. The number of nitro groups is 1. The number of amides is 1. The first kappa shape index (κ1) is 20.3. The third kappa shape index (κ3) is 4.52. The van der Waals surface area contributed by atoms with Crippen molar-refractivity contribution in [1.82, 2.24) is 19.7 Å². The second kappa shape index (κ2) is 8.72. The fourth-order valence-electron chi connectivity index (χ4n) is 3.51. The zero-order valence-electron chi connectivity index (χ0n) is 16.0. The van der Waals surface area contributed by atoms with Crippen molar-refractivity contribution in [2.24, 2.45) is 7.05 Å². The zero-order valence-corrected chi connectivity index (χ0v) is 16.7. The van der Waals surface area contributed by atoms with Gasteiger partial charge in [-0.25, -0.2) is 0 Å². The van der Waals surface area contributed by atoms with Crippen molar-refractivity contribution in [2.45, 2.75) is 6.04 Å². The Morgan fingerprint density at radius 2 is 1.96 bits per heavy atom. The minimum Gasteiger partial charge on any atom is -0.353 e. The first-order valence-corrected chi connectivity index (χ1v) is 9.50. The van der Waals surface area contributed by atoms with Gasteiger partial charge in [-0.1, -0.05) is 11.6 Å². The van der Waals surface area contributed by atoms with Gasteiger partial charge in [0.25, 0.3) is 11.6 Å². The molecule has 1 aliphatic heterocycles. The van der Waals surface area contributed by atoms with Gasteiger partial charge in [0.15, 0.2) is 0 Å². The number of aryl methyl sites for hydroxylation is 1. The molecule has 0 bridgehead atoms. The minimum atomic E-state index is -0.569. The Hall–Kier alpha value is -2.42. The summed E-state index contributed by atoms with van der Waals surface area (Å²) < 4.78 is 2.04. The predicted octanol–water partition coefficient (Wildman–Crippen LogP) is 2.31. The molecular weight excluding hydrogens is 382 g/mol. The number of rotatable bonds is 6. The highest BCUT2D eigenvalue weighted by Crippen LogP contribution is 2.24. The molecular formula is C19H24ClN5O3. The normalized spacial score (nSPS) is 16.7. The topological polar surface area (TPSA) is 83.7 Å². The Labute approximate surface area is 168 Å². The molecule has 1 aromatic heterocycles. The maximum Gasteiger partial charge on any atom is 0.282 e. The van der Waals surface area contributed by atoms with Gasteiger partial charge in [-0.3, -0.25) is 19.8 Å².